The highest BCUT2D eigenvalue weighted by Crippen LogP contribution is 2.41. The topological polar surface area (TPSA) is 108 Å². The van der Waals surface area contributed by atoms with Crippen molar-refractivity contribution in [3.05, 3.63) is 58.3 Å². The Kier molecular flexibility index (Phi) is 8.45. The van der Waals surface area contributed by atoms with E-state index in [0.717, 1.165) is 35.6 Å². The zero-order valence-corrected chi connectivity index (χ0v) is 20.9. The highest BCUT2D eigenvalue weighted by molar-refractivity contribution is 7.98. The molecule has 7 nitrogen and oxygen atoms in total. The standard InChI is InChI=1S/C18H19Cl2N2O5PS3/c19-15-9-13(11-29-8-4-7-22-5-2-1-3-6-22)17(20)14-10-16(30-18(14)15)31(26,27)21-12-28(23,24)25/h1-3,5-6,9-10,21H,4,7-8,11-12H2,(H-,23,24,25)/p+1. The minimum absolute atomic E-state index is 0.107. The van der Waals surface area contributed by atoms with Gasteiger partial charge in [-0.3, -0.25) is 4.57 Å². The highest BCUT2D eigenvalue weighted by Gasteiger charge is 2.24. The van der Waals surface area contributed by atoms with Gasteiger partial charge in [0.1, 0.15) is 17.0 Å². The van der Waals surface area contributed by atoms with Gasteiger partial charge in [0.25, 0.3) is 10.0 Å². The number of nitrogens with one attached hydrogen (secondary N) is 1. The van der Waals surface area contributed by atoms with Gasteiger partial charge in [0.2, 0.25) is 0 Å². The summed E-state index contributed by atoms with van der Waals surface area (Å²) in [7, 11) is -8.63. The summed E-state index contributed by atoms with van der Waals surface area (Å²) in [5.74, 6) is 1.55. The van der Waals surface area contributed by atoms with Gasteiger partial charge in [-0.2, -0.15) is 16.5 Å². The van der Waals surface area contributed by atoms with Crippen LogP contribution in [-0.4, -0.2) is 30.2 Å². The number of halogens is 2. The first-order valence-electron chi connectivity index (χ1n) is 9.03. The zero-order valence-electron chi connectivity index (χ0n) is 16.1. The van der Waals surface area contributed by atoms with Gasteiger partial charge in [-0.25, -0.2) is 13.0 Å². The van der Waals surface area contributed by atoms with E-state index in [2.05, 4.69) is 4.57 Å². The van der Waals surface area contributed by atoms with Gasteiger partial charge in [-0.15, -0.1) is 11.3 Å². The number of thioether (sulfide) groups is 1. The molecular formula is C18H20Cl2N2O5PS3+. The molecule has 0 unspecified atom stereocenters. The number of hydrogen-bond acceptors (Lipinski definition) is 5. The second kappa shape index (κ2) is 10.5. The van der Waals surface area contributed by atoms with E-state index in [9.17, 15) is 13.0 Å². The van der Waals surface area contributed by atoms with E-state index >= 15 is 0 Å². The summed E-state index contributed by atoms with van der Waals surface area (Å²) in [6.07, 6.45) is 4.05. The van der Waals surface area contributed by atoms with Crippen LogP contribution in [0, 0.1) is 0 Å². The Morgan fingerprint density at radius 3 is 2.55 bits per heavy atom. The predicted molar refractivity (Wildman–Crippen MR) is 126 cm³/mol. The van der Waals surface area contributed by atoms with Crippen LogP contribution in [0.1, 0.15) is 12.0 Å². The molecule has 3 aromatic rings. The molecule has 0 aliphatic heterocycles. The van der Waals surface area contributed by atoms with Crippen molar-refractivity contribution >= 4 is 74.0 Å². The molecule has 0 aliphatic carbocycles. The van der Waals surface area contributed by atoms with Crippen LogP contribution >= 0.6 is 53.9 Å². The lowest BCUT2D eigenvalue weighted by Crippen LogP contribution is -2.32. The molecular weight excluding hydrogens is 522 g/mol. The molecule has 3 rings (SSSR count). The molecule has 1 aromatic carbocycles. The molecule has 168 valence electrons. The van der Waals surface area contributed by atoms with Crippen LogP contribution in [0.25, 0.3) is 10.1 Å². The number of sulfonamides is 1. The van der Waals surface area contributed by atoms with Gasteiger partial charge in [0.15, 0.2) is 12.4 Å². The van der Waals surface area contributed by atoms with Crippen molar-refractivity contribution in [2.45, 2.75) is 22.9 Å². The SMILES string of the molecule is O=P(O)(O)CNS(=O)(=O)c1cc2c(Cl)c(CSCCC[n+]3ccccc3)cc(Cl)c2s1. The Bertz CT molecular complexity index is 1220. The first-order valence-corrected chi connectivity index (χ1v) is 15.0. The van der Waals surface area contributed by atoms with Gasteiger partial charge in [0, 0.05) is 29.7 Å². The van der Waals surface area contributed by atoms with Gasteiger partial charge in [-0.05, 0) is 23.4 Å². The fourth-order valence-corrected chi connectivity index (χ4v) is 7.87. The van der Waals surface area contributed by atoms with E-state index in [1.165, 1.54) is 6.07 Å². The third kappa shape index (κ3) is 6.90. The number of benzene rings is 1. The van der Waals surface area contributed by atoms with E-state index in [0.29, 0.717) is 25.9 Å². The molecule has 2 aromatic heterocycles. The molecule has 0 amide bonds. The number of nitrogens with zero attached hydrogens (tertiary/aromatic N) is 1. The molecule has 0 saturated heterocycles. The molecule has 0 fully saturated rings. The molecule has 3 N–H and O–H groups in total. The largest absolute Gasteiger partial charge is 0.340 e. The Labute approximate surface area is 198 Å². The second-order valence-electron chi connectivity index (χ2n) is 6.63. The summed E-state index contributed by atoms with van der Waals surface area (Å²) in [4.78, 5) is 17.8. The van der Waals surface area contributed by atoms with Gasteiger partial charge >= 0.3 is 7.60 Å². The van der Waals surface area contributed by atoms with Crippen molar-refractivity contribution in [3.8, 4) is 0 Å². The zero-order chi connectivity index (χ0) is 22.6. The van der Waals surface area contributed by atoms with Crippen molar-refractivity contribution < 1.29 is 27.3 Å². The lowest BCUT2D eigenvalue weighted by Gasteiger charge is -2.07. The van der Waals surface area contributed by atoms with Gasteiger partial charge < -0.3 is 9.79 Å². The van der Waals surface area contributed by atoms with Gasteiger partial charge in [-0.1, -0.05) is 29.3 Å². The maximum Gasteiger partial charge on any atom is 0.340 e. The summed E-state index contributed by atoms with van der Waals surface area (Å²) < 4.78 is 40.2. The summed E-state index contributed by atoms with van der Waals surface area (Å²) in [5, 5.41) is 1.32. The summed E-state index contributed by atoms with van der Waals surface area (Å²) >= 11 is 15.5. The van der Waals surface area contributed by atoms with E-state index in [4.69, 9.17) is 33.0 Å². The molecule has 31 heavy (non-hydrogen) atoms. The molecule has 13 heteroatoms. The smallest absolute Gasteiger partial charge is 0.324 e. The molecule has 0 aliphatic rings. The number of aryl methyl sites for hydroxylation is 1. The maximum absolute atomic E-state index is 12.4. The third-order valence-corrected chi connectivity index (χ3v) is 9.99. The minimum atomic E-state index is -4.52. The van der Waals surface area contributed by atoms with Crippen molar-refractivity contribution in [2.24, 2.45) is 0 Å². The fraction of sp³-hybridized carbons (Fsp3) is 0.278. The van der Waals surface area contributed by atoms with E-state index in [1.807, 2.05) is 35.3 Å². The second-order valence-corrected chi connectivity index (χ2v) is 13.2. The van der Waals surface area contributed by atoms with Crippen LogP contribution in [0.2, 0.25) is 10.0 Å². The van der Waals surface area contributed by atoms with E-state index in [1.54, 1.807) is 17.8 Å². The number of aromatic nitrogens is 1. The average Bonchev–Trinajstić information content (AvgIpc) is 3.18. The number of hydrogen-bond donors (Lipinski definition) is 3. The van der Waals surface area contributed by atoms with Crippen molar-refractivity contribution in [2.75, 3.05) is 12.0 Å². The lowest BCUT2D eigenvalue weighted by atomic mass is 10.2. The van der Waals surface area contributed by atoms with Crippen molar-refractivity contribution in [1.29, 1.82) is 0 Å². The third-order valence-electron chi connectivity index (χ3n) is 4.21. The molecule has 2 heterocycles. The normalized spacial score (nSPS) is 12.5. The quantitative estimate of drug-likeness (QED) is 0.201. The molecule has 0 radical (unpaired) electrons. The molecule has 0 spiro atoms. The van der Waals surface area contributed by atoms with E-state index in [-0.39, 0.29) is 4.21 Å². The van der Waals surface area contributed by atoms with Crippen LogP contribution in [0.5, 0.6) is 0 Å². The first-order chi connectivity index (χ1) is 14.6. The number of thiophene rings is 1. The van der Waals surface area contributed by atoms with Crippen LogP contribution in [-0.2, 0) is 26.9 Å². The van der Waals surface area contributed by atoms with Crippen LogP contribution < -0.4 is 9.29 Å². The maximum atomic E-state index is 12.4. The Balaban J connectivity index is 1.70. The summed E-state index contributed by atoms with van der Waals surface area (Å²) in [6.45, 7) is 0.911. The van der Waals surface area contributed by atoms with E-state index < -0.39 is 23.9 Å². The first kappa shape index (κ1) is 25.0. The number of rotatable bonds is 10. The number of pyridine rings is 1. The predicted octanol–water partition coefficient (Wildman–Crippen LogP) is 4.23. The van der Waals surface area contributed by atoms with Crippen molar-refractivity contribution in [3.63, 3.8) is 0 Å². The average molecular weight is 542 g/mol. The van der Waals surface area contributed by atoms with Gasteiger partial charge in [0.05, 0.1) is 14.7 Å². The Morgan fingerprint density at radius 2 is 1.87 bits per heavy atom. The Hall–Kier alpha value is -0.680. The number of fused-ring (bicyclic) bond motifs is 1. The lowest BCUT2D eigenvalue weighted by molar-refractivity contribution is -0.696. The summed E-state index contributed by atoms with van der Waals surface area (Å²) in [5.41, 5.74) is 0.807. The Morgan fingerprint density at radius 1 is 1.16 bits per heavy atom. The molecule has 0 bridgehead atoms. The summed E-state index contributed by atoms with van der Waals surface area (Å²) in [6, 6.07) is 9.07. The molecule has 0 saturated carbocycles. The minimum Gasteiger partial charge on any atom is -0.324 e. The van der Waals surface area contributed by atoms with Crippen molar-refractivity contribution in [1.82, 2.24) is 4.72 Å². The highest BCUT2D eigenvalue weighted by atomic mass is 35.5. The molecule has 0 atom stereocenters. The van der Waals surface area contributed by atoms with Crippen LogP contribution in [0.4, 0.5) is 0 Å². The monoisotopic (exact) mass is 541 g/mol. The van der Waals surface area contributed by atoms with Crippen LogP contribution in [0.3, 0.4) is 0 Å². The van der Waals surface area contributed by atoms with Crippen LogP contribution in [0.15, 0.2) is 46.9 Å². The fourth-order valence-electron chi connectivity index (χ4n) is 2.76.